The molecule has 0 fully saturated rings. The second-order valence-corrected chi connectivity index (χ2v) is 9.00. The molecule has 36 heavy (non-hydrogen) atoms. The lowest BCUT2D eigenvalue weighted by Crippen LogP contribution is -2.02. The fourth-order valence-corrected chi connectivity index (χ4v) is 4.99. The average molecular weight is 466 g/mol. The summed E-state index contributed by atoms with van der Waals surface area (Å²) < 4.78 is 2.19. The van der Waals surface area contributed by atoms with Crippen LogP contribution in [0, 0.1) is 32.1 Å². The van der Waals surface area contributed by atoms with Crippen LogP contribution in [0.25, 0.3) is 50.0 Å². The lowest BCUT2D eigenvalue weighted by molar-refractivity contribution is 0.928. The lowest BCUT2D eigenvalue weighted by atomic mass is 9.99. The first-order chi connectivity index (χ1) is 17.5. The van der Waals surface area contributed by atoms with Crippen LogP contribution in [0.5, 0.6) is 0 Å². The van der Waals surface area contributed by atoms with E-state index in [-0.39, 0.29) is 0 Å². The van der Waals surface area contributed by atoms with Gasteiger partial charge in [-0.1, -0.05) is 54.6 Å². The van der Waals surface area contributed by atoms with Crippen LogP contribution in [-0.4, -0.2) is 19.5 Å². The van der Waals surface area contributed by atoms with Crippen molar-refractivity contribution in [1.29, 1.82) is 5.26 Å². The molecule has 172 valence electrons. The van der Waals surface area contributed by atoms with E-state index in [1.807, 2.05) is 38.1 Å². The van der Waals surface area contributed by atoms with Gasteiger partial charge < -0.3 is 4.57 Å². The fraction of sp³-hybridized carbons (Fsp3) is 0.0968. The molecule has 0 aliphatic heterocycles. The van der Waals surface area contributed by atoms with Crippen molar-refractivity contribution in [2.45, 2.75) is 20.8 Å². The van der Waals surface area contributed by atoms with Crippen molar-refractivity contribution in [3.8, 4) is 34.3 Å². The number of fused-ring (bicyclic) bond motifs is 3. The molecule has 0 bridgehead atoms. The predicted molar refractivity (Wildman–Crippen MR) is 144 cm³/mol. The quantitative estimate of drug-likeness (QED) is 0.280. The van der Waals surface area contributed by atoms with E-state index < -0.39 is 0 Å². The Kier molecular flexibility index (Phi) is 5.09. The number of rotatable bonds is 3. The third-order valence-corrected chi connectivity index (χ3v) is 6.61. The molecule has 6 aromatic rings. The molecule has 0 spiro atoms. The van der Waals surface area contributed by atoms with E-state index in [4.69, 9.17) is 0 Å². The number of nitrogens with zero attached hydrogens (tertiary/aromatic N) is 5. The minimum atomic E-state index is 0.588. The first-order valence-electron chi connectivity index (χ1n) is 11.9. The van der Waals surface area contributed by atoms with E-state index in [1.54, 1.807) is 0 Å². The summed E-state index contributed by atoms with van der Waals surface area (Å²) in [5, 5.41) is 12.4. The Morgan fingerprint density at radius 2 is 1.36 bits per heavy atom. The smallest absolute Gasteiger partial charge is 0.163 e. The molecule has 6 rings (SSSR count). The molecule has 5 heteroatoms. The van der Waals surface area contributed by atoms with Crippen LogP contribution < -0.4 is 0 Å². The van der Waals surface area contributed by atoms with Crippen molar-refractivity contribution in [3.05, 3.63) is 108 Å². The highest BCUT2D eigenvalue weighted by molar-refractivity contribution is 6.10. The van der Waals surface area contributed by atoms with E-state index in [2.05, 4.69) is 93.2 Å². The van der Waals surface area contributed by atoms with Gasteiger partial charge in [-0.3, -0.25) is 0 Å². The molecule has 0 saturated carbocycles. The molecule has 5 nitrogen and oxygen atoms in total. The summed E-state index contributed by atoms with van der Waals surface area (Å²) in [6.07, 6.45) is 0. The van der Waals surface area contributed by atoms with Crippen LogP contribution in [0.2, 0.25) is 0 Å². The molecule has 0 N–H and O–H groups in total. The maximum absolute atomic E-state index is 10.1. The minimum absolute atomic E-state index is 0.588. The van der Waals surface area contributed by atoms with Gasteiger partial charge in [0.1, 0.15) is 17.7 Å². The van der Waals surface area contributed by atoms with Gasteiger partial charge in [-0.25, -0.2) is 15.0 Å². The van der Waals surface area contributed by atoms with Crippen molar-refractivity contribution in [2.75, 3.05) is 0 Å². The maximum Gasteiger partial charge on any atom is 0.163 e. The number of hydrogen-bond donors (Lipinski definition) is 0. The highest BCUT2D eigenvalue weighted by Gasteiger charge is 2.17. The monoisotopic (exact) mass is 465 g/mol. The number of para-hydroxylation sites is 1. The van der Waals surface area contributed by atoms with Crippen LogP contribution in [0.4, 0.5) is 0 Å². The van der Waals surface area contributed by atoms with Crippen molar-refractivity contribution in [3.63, 3.8) is 0 Å². The molecule has 2 heterocycles. The highest BCUT2D eigenvalue weighted by Crippen LogP contribution is 2.37. The second-order valence-electron chi connectivity index (χ2n) is 9.00. The van der Waals surface area contributed by atoms with Crippen LogP contribution in [-0.2, 0) is 0 Å². The number of aromatic nitrogens is 4. The van der Waals surface area contributed by atoms with Gasteiger partial charge >= 0.3 is 0 Å². The number of aryl methyl sites for hydroxylation is 3. The van der Waals surface area contributed by atoms with Crippen molar-refractivity contribution in [1.82, 2.24) is 19.5 Å². The van der Waals surface area contributed by atoms with Crippen molar-refractivity contribution >= 4 is 21.8 Å². The van der Waals surface area contributed by atoms with Gasteiger partial charge in [0.25, 0.3) is 0 Å². The van der Waals surface area contributed by atoms with E-state index in [9.17, 15) is 5.26 Å². The first kappa shape index (κ1) is 21.7. The van der Waals surface area contributed by atoms with Gasteiger partial charge in [0.2, 0.25) is 0 Å². The standard InChI is InChI=1S/C31H23N5/c1-19-8-4-5-9-25(19)22-14-15-27-26-10-6-7-11-28(26)36(30(27)16-22)29-17-23(12-13-24(29)18-32)31-34-20(2)33-21(3)35-31/h4-17H,1-3H3. The zero-order valence-electron chi connectivity index (χ0n) is 20.3. The van der Waals surface area contributed by atoms with Gasteiger partial charge in [-0.15, -0.1) is 0 Å². The van der Waals surface area contributed by atoms with Gasteiger partial charge in [0.05, 0.1) is 22.3 Å². The summed E-state index contributed by atoms with van der Waals surface area (Å²) in [5.41, 5.74) is 7.90. The Labute approximate surface area is 209 Å². The Morgan fingerprint density at radius 3 is 2.14 bits per heavy atom. The minimum Gasteiger partial charge on any atom is -0.308 e. The Hall–Kier alpha value is -4.82. The summed E-state index contributed by atoms with van der Waals surface area (Å²) in [6, 6.07) is 31.5. The molecular weight excluding hydrogens is 442 g/mol. The number of nitriles is 1. The zero-order valence-corrected chi connectivity index (χ0v) is 20.3. The summed E-state index contributed by atoms with van der Waals surface area (Å²) in [5.74, 6) is 1.94. The number of benzene rings is 4. The normalized spacial score (nSPS) is 11.2. The maximum atomic E-state index is 10.1. The largest absolute Gasteiger partial charge is 0.308 e. The van der Waals surface area contributed by atoms with Gasteiger partial charge in [-0.05, 0) is 67.8 Å². The van der Waals surface area contributed by atoms with E-state index in [0.717, 1.165) is 38.6 Å². The first-order valence-corrected chi connectivity index (χ1v) is 11.9. The Balaban J connectivity index is 1.68. The lowest BCUT2D eigenvalue weighted by Gasteiger charge is -2.13. The van der Waals surface area contributed by atoms with Crippen LogP contribution in [0.15, 0.2) is 84.9 Å². The second kappa shape index (κ2) is 8.44. The van der Waals surface area contributed by atoms with E-state index in [1.165, 1.54) is 11.1 Å². The zero-order chi connectivity index (χ0) is 24.8. The van der Waals surface area contributed by atoms with E-state index in [0.29, 0.717) is 23.0 Å². The third kappa shape index (κ3) is 3.52. The molecular formula is C31H23N5. The third-order valence-electron chi connectivity index (χ3n) is 6.61. The van der Waals surface area contributed by atoms with E-state index >= 15 is 0 Å². The molecule has 0 aliphatic rings. The Bertz CT molecular complexity index is 1820. The van der Waals surface area contributed by atoms with Crippen molar-refractivity contribution in [2.24, 2.45) is 0 Å². The SMILES string of the molecule is Cc1nc(C)nc(-c2ccc(C#N)c(-n3c4ccccc4c4ccc(-c5ccccc5C)cc43)c2)n1. The molecule has 0 atom stereocenters. The molecule has 0 amide bonds. The number of hydrogen-bond acceptors (Lipinski definition) is 4. The predicted octanol–water partition coefficient (Wildman–Crippen LogP) is 7.10. The molecule has 0 unspecified atom stereocenters. The van der Waals surface area contributed by atoms with Gasteiger partial charge in [0, 0.05) is 16.3 Å². The fourth-order valence-electron chi connectivity index (χ4n) is 4.99. The van der Waals surface area contributed by atoms with Crippen LogP contribution in [0.3, 0.4) is 0 Å². The highest BCUT2D eigenvalue weighted by atomic mass is 15.0. The van der Waals surface area contributed by atoms with Crippen LogP contribution in [0.1, 0.15) is 22.8 Å². The Morgan fingerprint density at radius 1 is 0.667 bits per heavy atom. The molecule has 2 aromatic heterocycles. The summed E-state index contributed by atoms with van der Waals surface area (Å²) in [4.78, 5) is 13.4. The molecule has 0 saturated heterocycles. The summed E-state index contributed by atoms with van der Waals surface area (Å²) in [6.45, 7) is 5.86. The topological polar surface area (TPSA) is 67.4 Å². The average Bonchev–Trinajstić information content (AvgIpc) is 3.21. The summed E-state index contributed by atoms with van der Waals surface area (Å²) >= 11 is 0. The molecule has 4 aromatic carbocycles. The molecule has 0 aliphatic carbocycles. The van der Waals surface area contributed by atoms with Gasteiger partial charge in [-0.2, -0.15) is 5.26 Å². The summed E-state index contributed by atoms with van der Waals surface area (Å²) in [7, 11) is 0. The van der Waals surface area contributed by atoms with Crippen LogP contribution >= 0.6 is 0 Å². The van der Waals surface area contributed by atoms with Crippen molar-refractivity contribution < 1.29 is 0 Å². The molecule has 0 radical (unpaired) electrons. The van der Waals surface area contributed by atoms with Gasteiger partial charge in [0.15, 0.2) is 5.82 Å².